The second kappa shape index (κ2) is 9.92. The molecule has 0 bridgehead atoms. The van der Waals surface area contributed by atoms with Gasteiger partial charge in [0.05, 0.1) is 11.0 Å². The average Bonchev–Trinajstić information content (AvgIpc) is 3.16. The third-order valence-electron chi connectivity index (χ3n) is 6.45. The third-order valence-corrected chi connectivity index (χ3v) is 6.45. The molecule has 0 fully saturated rings. The molecule has 0 saturated carbocycles. The molecule has 0 aliphatic carbocycles. The summed E-state index contributed by atoms with van der Waals surface area (Å²) >= 11 is 0. The number of aromatic nitrogens is 3. The molecule has 0 spiro atoms. The fourth-order valence-corrected chi connectivity index (χ4v) is 4.60. The molecule has 4 rings (SSSR count). The number of hydrogen-bond acceptors (Lipinski definition) is 4. The lowest BCUT2D eigenvalue weighted by Gasteiger charge is -2.26. The van der Waals surface area contributed by atoms with Crippen molar-refractivity contribution in [2.24, 2.45) is 0 Å². The number of unbranched alkanes of at least 4 members (excludes halogenated alkanes) is 1. The van der Waals surface area contributed by atoms with E-state index in [1.807, 2.05) is 12.1 Å². The van der Waals surface area contributed by atoms with E-state index in [-0.39, 0.29) is 5.54 Å². The van der Waals surface area contributed by atoms with Gasteiger partial charge in [-0.15, -0.1) is 0 Å². The van der Waals surface area contributed by atoms with E-state index in [4.69, 9.17) is 10.7 Å². The molecule has 5 nitrogen and oxygen atoms in total. The molecular weight excluding hydrogens is 406 g/mol. The predicted octanol–water partition coefficient (Wildman–Crippen LogP) is 6.23. The molecule has 0 amide bonds. The van der Waals surface area contributed by atoms with Crippen LogP contribution in [0.1, 0.15) is 70.3 Å². The van der Waals surface area contributed by atoms with E-state index >= 15 is 0 Å². The lowest BCUT2D eigenvalue weighted by atomic mass is 9.98. The van der Waals surface area contributed by atoms with Gasteiger partial charge in [0, 0.05) is 30.4 Å². The van der Waals surface area contributed by atoms with Crippen LogP contribution in [0.25, 0.3) is 21.9 Å². The van der Waals surface area contributed by atoms with Crippen molar-refractivity contribution >= 4 is 27.8 Å². The van der Waals surface area contributed by atoms with E-state index in [0.717, 1.165) is 60.1 Å². The summed E-state index contributed by atoms with van der Waals surface area (Å²) in [5, 5.41) is 4.80. The molecule has 0 aliphatic heterocycles. The first kappa shape index (κ1) is 23.2. The van der Waals surface area contributed by atoms with Crippen molar-refractivity contribution in [3.63, 3.8) is 0 Å². The number of pyridine rings is 1. The van der Waals surface area contributed by atoms with Crippen LogP contribution in [-0.2, 0) is 19.5 Å². The Hall–Kier alpha value is -2.92. The molecule has 2 heterocycles. The van der Waals surface area contributed by atoms with Crippen LogP contribution >= 0.6 is 0 Å². The van der Waals surface area contributed by atoms with Crippen molar-refractivity contribution in [2.45, 2.75) is 78.4 Å². The summed E-state index contributed by atoms with van der Waals surface area (Å²) in [5.74, 6) is 1.60. The number of imidazole rings is 1. The first-order chi connectivity index (χ1) is 15.9. The van der Waals surface area contributed by atoms with Gasteiger partial charge < -0.3 is 15.6 Å². The topological polar surface area (TPSA) is 68.8 Å². The number of fused-ring (bicyclic) bond motifs is 3. The molecule has 2 aromatic heterocycles. The SMILES string of the molecule is CCCCc1nc2c(N)nc3ccccc3c2n1Cc1ccc(CNC(C)(C)CCC)cc1. The highest BCUT2D eigenvalue weighted by molar-refractivity contribution is 6.06. The number of para-hydroxylation sites is 1. The first-order valence-electron chi connectivity index (χ1n) is 12.3. The minimum Gasteiger partial charge on any atom is -0.382 e. The zero-order valence-corrected chi connectivity index (χ0v) is 20.5. The largest absolute Gasteiger partial charge is 0.382 e. The maximum absolute atomic E-state index is 6.34. The Labute approximate surface area is 197 Å². The van der Waals surface area contributed by atoms with Crippen LogP contribution in [0.4, 0.5) is 5.82 Å². The fraction of sp³-hybridized carbons (Fsp3) is 0.429. The smallest absolute Gasteiger partial charge is 0.152 e. The number of nitrogens with one attached hydrogen (secondary N) is 1. The molecule has 5 heteroatoms. The second-order valence-electron chi connectivity index (χ2n) is 9.73. The summed E-state index contributed by atoms with van der Waals surface area (Å²) in [5.41, 5.74) is 11.9. The fourth-order valence-electron chi connectivity index (χ4n) is 4.60. The standard InChI is InChI=1S/C28H37N5/c1-5-7-12-24-32-25-26(22-10-8-9-11-23(22)31-27(25)29)33(24)19-21-15-13-20(14-16-21)18-30-28(3,4)17-6-2/h8-11,13-16,30H,5-7,12,17-19H2,1-4H3,(H2,29,31). The van der Waals surface area contributed by atoms with Gasteiger partial charge in [-0.05, 0) is 43.9 Å². The summed E-state index contributed by atoms with van der Waals surface area (Å²) in [6, 6.07) is 17.2. The zero-order chi connectivity index (χ0) is 23.4. The average molecular weight is 444 g/mol. The van der Waals surface area contributed by atoms with Gasteiger partial charge in [-0.3, -0.25) is 0 Å². The molecule has 174 valence electrons. The van der Waals surface area contributed by atoms with Crippen LogP contribution in [0.5, 0.6) is 0 Å². The van der Waals surface area contributed by atoms with Gasteiger partial charge in [0.2, 0.25) is 0 Å². The van der Waals surface area contributed by atoms with E-state index in [0.29, 0.717) is 5.82 Å². The van der Waals surface area contributed by atoms with E-state index in [2.05, 4.69) is 79.0 Å². The van der Waals surface area contributed by atoms with E-state index in [1.54, 1.807) is 0 Å². The zero-order valence-electron chi connectivity index (χ0n) is 20.5. The molecule has 33 heavy (non-hydrogen) atoms. The third kappa shape index (κ3) is 5.19. The Morgan fingerprint density at radius 3 is 2.39 bits per heavy atom. The Bertz CT molecular complexity index is 1220. The molecule has 0 unspecified atom stereocenters. The van der Waals surface area contributed by atoms with Crippen molar-refractivity contribution in [2.75, 3.05) is 5.73 Å². The van der Waals surface area contributed by atoms with Gasteiger partial charge in [-0.25, -0.2) is 9.97 Å². The number of nitrogens with two attached hydrogens (primary N) is 1. The maximum atomic E-state index is 6.34. The lowest BCUT2D eigenvalue weighted by Crippen LogP contribution is -2.38. The second-order valence-corrected chi connectivity index (χ2v) is 9.73. The van der Waals surface area contributed by atoms with Crippen molar-refractivity contribution < 1.29 is 0 Å². The van der Waals surface area contributed by atoms with E-state index < -0.39 is 0 Å². The van der Waals surface area contributed by atoms with Gasteiger partial charge in [-0.1, -0.05) is 69.2 Å². The molecule has 0 saturated heterocycles. The summed E-state index contributed by atoms with van der Waals surface area (Å²) in [4.78, 5) is 9.56. The Kier molecular flexibility index (Phi) is 6.99. The van der Waals surface area contributed by atoms with Gasteiger partial charge >= 0.3 is 0 Å². The minimum absolute atomic E-state index is 0.159. The van der Waals surface area contributed by atoms with Crippen molar-refractivity contribution in [1.82, 2.24) is 19.9 Å². The molecule has 0 atom stereocenters. The highest BCUT2D eigenvalue weighted by Crippen LogP contribution is 2.30. The van der Waals surface area contributed by atoms with Gasteiger partial charge in [0.25, 0.3) is 0 Å². The highest BCUT2D eigenvalue weighted by Gasteiger charge is 2.18. The molecule has 0 radical (unpaired) electrons. The first-order valence-corrected chi connectivity index (χ1v) is 12.3. The molecular formula is C28H37N5. The Balaban J connectivity index is 1.66. The lowest BCUT2D eigenvalue weighted by molar-refractivity contribution is 0.357. The quantitative estimate of drug-likeness (QED) is 0.305. The summed E-state index contributed by atoms with van der Waals surface area (Å²) in [7, 11) is 0. The van der Waals surface area contributed by atoms with E-state index in [1.165, 1.54) is 24.0 Å². The van der Waals surface area contributed by atoms with Crippen LogP contribution in [0.2, 0.25) is 0 Å². The number of rotatable bonds is 10. The molecule has 3 N–H and O–H groups in total. The number of anilines is 1. The van der Waals surface area contributed by atoms with Gasteiger partial charge in [0.15, 0.2) is 5.82 Å². The molecule has 4 aromatic rings. The maximum Gasteiger partial charge on any atom is 0.152 e. The van der Waals surface area contributed by atoms with Crippen molar-refractivity contribution in [1.29, 1.82) is 0 Å². The number of nitrogens with zero attached hydrogens (tertiary/aromatic N) is 3. The number of nitrogen functional groups attached to an aromatic ring is 1. The normalized spacial score (nSPS) is 12.1. The van der Waals surface area contributed by atoms with Crippen LogP contribution in [0.15, 0.2) is 48.5 Å². The molecule has 2 aromatic carbocycles. The van der Waals surface area contributed by atoms with Crippen LogP contribution in [-0.4, -0.2) is 20.1 Å². The summed E-state index contributed by atoms with van der Waals surface area (Å²) in [6.07, 6.45) is 5.53. The van der Waals surface area contributed by atoms with E-state index in [9.17, 15) is 0 Å². The number of benzene rings is 2. The van der Waals surface area contributed by atoms with Crippen molar-refractivity contribution in [3.8, 4) is 0 Å². The monoisotopic (exact) mass is 443 g/mol. The Morgan fingerprint density at radius 1 is 0.939 bits per heavy atom. The van der Waals surface area contributed by atoms with Gasteiger partial charge in [-0.2, -0.15) is 0 Å². The number of hydrogen-bond donors (Lipinski definition) is 2. The van der Waals surface area contributed by atoms with Crippen LogP contribution < -0.4 is 11.1 Å². The van der Waals surface area contributed by atoms with Crippen molar-refractivity contribution in [3.05, 3.63) is 65.5 Å². The highest BCUT2D eigenvalue weighted by atomic mass is 15.1. The van der Waals surface area contributed by atoms with Crippen LogP contribution in [0.3, 0.4) is 0 Å². The predicted molar refractivity (Wildman–Crippen MR) is 139 cm³/mol. The number of aryl methyl sites for hydroxylation is 1. The molecule has 0 aliphatic rings. The Morgan fingerprint density at radius 2 is 1.67 bits per heavy atom. The summed E-state index contributed by atoms with van der Waals surface area (Å²) < 4.78 is 2.35. The summed E-state index contributed by atoms with van der Waals surface area (Å²) in [6.45, 7) is 10.7. The minimum atomic E-state index is 0.159. The van der Waals surface area contributed by atoms with Crippen LogP contribution in [0, 0.1) is 0 Å². The van der Waals surface area contributed by atoms with Gasteiger partial charge in [0.1, 0.15) is 11.3 Å².